The molecule has 0 saturated carbocycles. The van der Waals surface area contributed by atoms with Gasteiger partial charge in [-0.05, 0) is 43.3 Å². The fraction of sp³-hybridized carbons (Fsp3) is 0.0625. The summed E-state index contributed by atoms with van der Waals surface area (Å²) in [5, 5.41) is 0.807. The number of ether oxygens (including phenoxy) is 1. The van der Waals surface area contributed by atoms with Crippen LogP contribution in [0.2, 0.25) is 0 Å². The number of hydrogen-bond acceptors (Lipinski definition) is 3. The Morgan fingerprint density at radius 3 is 2.55 bits per heavy atom. The van der Waals surface area contributed by atoms with Gasteiger partial charge >= 0.3 is 5.63 Å². The smallest absolute Gasteiger partial charge is 0.379 e. The topological polar surface area (TPSA) is 39.4 Å². The lowest BCUT2D eigenvalue weighted by Gasteiger charge is -2.05. The van der Waals surface area contributed by atoms with Crippen molar-refractivity contribution in [2.24, 2.45) is 0 Å². The summed E-state index contributed by atoms with van der Waals surface area (Å²) in [5.41, 5.74) is 1.18. The van der Waals surface area contributed by atoms with E-state index in [0.717, 1.165) is 15.4 Å². The Bertz CT molecular complexity index is 819. The molecule has 100 valence electrons. The molecule has 0 atom stereocenters. The zero-order valence-electron chi connectivity index (χ0n) is 10.7. The molecule has 0 aliphatic carbocycles. The summed E-state index contributed by atoms with van der Waals surface area (Å²) >= 11 is 3.39. The van der Waals surface area contributed by atoms with Gasteiger partial charge in [0, 0.05) is 9.86 Å². The van der Waals surface area contributed by atoms with E-state index >= 15 is 0 Å². The highest BCUT2D eigenvalue weighted by atomic mass is 79.9. The van der Waals surface area contributed by atoms with Gasteiger partial charge in [-0.25, -0.2) is 4.79 Å². The molecule has 0 aliphatic heterocycles. The van der Waals surface area contributed by atoms with Gasteiger partial charge in [-0.1, -0.05) is 33.6 Å². The maximum absolute atomic E-state index is 11.9. The minimum Gasteiger partial charge on any atom is -0.450 e. The summed E-state index contributed by atoms with van der Waals surface area (Å²) < 4.78 is 11.7. The number of benzene rings is 2. The van der Waals surface area contributed by atoms with Gasteiger partial charge in [-0.2, -0.15) is 0 Å². The molecule has 0 saturated heterocycles. The van der Waals surface area contributed by atoms with Crippen molar-refractivity contribution in [3.05, 3.63) is 69.0 Å². The van der Waals surface area contributed by atoms with Crippen molar-refractivity contribution >= 4 is 26.9 Å². The Kier molecular flexibility index (Phi) is 3.32. The lowest BCUT2D eigenvalue weighted by atomic mass is 10.2. The van der Waals surface area contributed by atoms with Crippen molar-refractivity contribution in [3.8, 4) is 11.5 Å². The van der Waals surface area contributed by atoms with Crippen LogP contribution >= 0.6 is 15.9 Å². The van der Waals surface area contributed by atoms with E-state index in [1.54, 1.807) is 12.1 Å². The molecule has 1 heterocycles. The Balaban J connectivity index is 2.04. The van der Waals surface area contributed by atoms with E-state index in [2.05, 4.69) is 15.9 Å². The van der Waals surface area contributed by atoms with Crippen LogP contribution in [-0.4, -0.2) is 0 Å². The normalized spacial score (nSPS) is 10.7. The van der Waals surface area contributed by atoms with Crippen LogP contribution in [0.1, 0.15) is 5.56 Å². The third-order valence-corrected chi connectivity index (χ3v) is 3.40. The molecule has 0 amide bonds. The standard InChI is InChI=1S/C16H11BrO3/c1-10-2-5-13(6-3-10)19-15-9-11-8-12(17)4-7-14(11)20-16(15)18/h2-9H,1H3. The monoisotopic (exact) mass is 330 g/mol. The van der Waals surface area contributed by atoms with Gasteiger partial charge in [0.1, 0.15) is 11.3 Å². The third kappa shape index (κ3) is 2.60. The molecule has 3 aromatic rings. The molecule has 0 spiro atoms. The Hall–Kier alpha value is -2.07. The van der Waals surface area contributed by atoms with Gasteiger partial charge in [0.05, 0.1) is 0 Å². The first-order valence-electron chi connectivity index (χ1n) is 6.10. The molecule has 0 radical (unpaired) electrons. The minimum atomic E-state index is -0.486. The van der Waals surface area contributed by atoms with Crippen LogP contribution in [0.5, 0.6) is 11.5 Å². The molecule has 0 unspecified atom stereocenters. The van der Waals surface area contributed by atoms with Crippen LogP contribution in [0.15, 0.2) is 62.2 Å². The highest BCUT2D eigenvalue weighted by Crippen LogP contribution is 2.24. The van der Waals surface area contributed by atoms with Crippen molar-refractivity contribution in [1.29, 1.82) is 0 Å². The number of hydrogen-bond donors (Lipinski definition) is 0. The van der Waals surface area contributed by atoms with E-state index < -0.39 is 5.63 Å². The summed E-state index contributed by atoms with van der Waals surface area (Å²) in [6.07, 6.45) is 0. The highest BCUT2D eigenvalue weighted by Gasteiger charge is 2.08. The molecule has 4 heteroatoms. The molecular weight excluding hydrogens is 320 g/mol. The first-order valence-corrected chi connectivity index (χ1v) is 6.89. The van der Waals surface area contributed by atoms with Crippen LogP contribution in [0.25, 0.3) is 11.0 Å². The van der Waals surface area contributed by atoms with Crippen LogP contribution < -0.4 is 10.4 Å². The SMILES string of the molecule is Cc1ccc(Oc2cc3cc(Br)ccc3oc2=O)cc1. The van der Waals surface area contributed by atoms with E-state index in [9.17, 15) is 4.79 Å². The molecule has 3 rings (SSSR count). The van der Waals surface area contributed by atoms with Gasteiger partial charge < -0.3 is 9.15 Å². The van der Waals surface area contributed by atoms with Crippen molar-refractivity contribution in [2.75, 3.05) is 0 Å². The summed E-state index contributed by atoms with van der Waals surface area (Å²) in [7, 11) is 0. The van der Waals surface area contributed by atoms with Gasteiger partial charge in [-0.15, -0.1) is 0 Å². The largest absolute Gasteiger partial charge is 0.450 e. The predicted molar refractivity (Wildman–Crippen MR) is 81.4 cm³/mol. The highest BCUT2D eigenvalue weighted by molar-refractivity contribution is 9.10. The van der Waals surface area contributed by atoms with Gasteiger partial charge in [0.15, 0.2) is 0 Å². The van der Waals surface area contributed by atoms with Crippen LogP contribution in [0, 0.1) is 6.92 Å². The maximum Gasteiger partial charge on any atom is 0.379 e. The maximum atomic E-state index is 11.9. The molecule has 0 bridgehead atoms. The van der Waals surface area contributed by atoms with E-state index in [-0.39, 0.29) is 5.75 Å². The second-order valence-electron chi connectivity index (χ2n) is 4.50. The van der Waals surface area contributed by atoms with E-state index in [1.807, 2.05) is 43.3 Å². The van der Waals surface area contributed by atoms with Gasteiger partial charge in [0.25, 0.3) is 0 Å². The van der Waals surface area contributed by atoms with E-state index in [1.165, 1.54) is 0 Å². The third-order valence-electron chi connectivity index (χ3n) is 2.91. The quantitative estimate of drug-likeness (QED) is 0.641. The summed E-state index contributed by atoms with van der Waals surface area (Å²) in [6.45, 7) is 1.99. The molecule has 2 aromatic carbocycles. The fourth-order valence-corrected chi connectivity index (χ4v) is 2.26. The van der Waals surface area contributed by atoms with Crippen molar-refractivity contribution in [1.82, 2.24) is 0 Å². The number of halogens is 1. The molecular formula is C16H11BrO3. The summed E-state index contributed by atoms with van der Waals surface area (Å²) in [6, 6.07) is 14.6. The van der Waals surface area contributed by atoms with E-state index in [4.69, 9.17) is 9.15 Å². The Morgan fingerprint density at radius 1 is 1.05 bits per heavy atom. The zero-order chi connectivity index (χ0) is 14.1. The molecule has 3 nitrogen and oxygen atoms in total. The molecule has 0 N–H and O–H groups in total. The summed E-state index contributed by atoms with van der Waals surface area (Å²) in [5.74, 6) is 0.789. The molecule has 1 aromatic heterocycles. The second-order valence-corrected chi connectivity index (χ2v) is 5.41. The average molecular weight is 331 g/mol. The van der Waals surface area contributed by atoms with Gasteiger partial charge in [0.2, 0.25) is 5.75 Å². The molecule has 0 aliphatic rings. The van der Waals surface area contributed by atoms with Crippen LogP contribution in [0.4, 0.5) is 0 Å². The average Bonchev–Trinajstić information content (AvgIpc) is 2.42. The van der Waals surface area contributed by atoms with E-state index in [0.29, 0.717) is 11.3 Å². The van der Waals surface area contributed by atoms with Crippen molar-refractivity contribution < 1.29 is 9.15 Å². The zero-order valence-corrected chi connectivity index (χ0v) is 12.3. The van der Waals surface area contributed by atoms with Crippen molar-refractivity contribution in [2.45, 2.75) is 6.92 Å². The first kappa shape index (κ1) is 12.9. The number of rotatable bonds is 2. The Morgan fingerprint density at radius 2 is 1.80 bits per heavy atom. The summed E-state index contributed by atoms with van der Waals surface area (Å²) in [4.78, 5) is 11.9. The number of fused-ring (bicyclic) bond motifs is 1. The second kappa shape index (κ2) is 5.13. The minimum absolute atomic E-state index is 0.180. The Labute approximate surface area is 123 Å². The predicted octanol–water partition coefficient (Wildman–Crippen LogP) is 4.66. The first-order chi connectivity index (χ1) is 9.61. The fourth-order valence-electron chi connectivity index (χ4n) is 1.88. The molecule has 20 heavy (non-hydrogen) atoms. The van der Waals surface area contributed by atoms with Gasteiger partial charge in [-0.3, -0.25) is 0 Å². The van der Waals surface area contributed by atoms with Crippen LogP contribution in [-0.2, 0) is 0 Å². The lowest BCUT2D eigenvalue weighted by Crippen LogP contribution is -2.02. The lowest BCUT2D eigenvalue weighted by molar-refractivity contribution is 0.437. The number of aryl methyl sites for hydroxylation is 1. The van der Waals surface area contributed by atoms with Crippen LogP contribution in [0.3, 0.4) is 0 Å². The van der Waals surface area contributed by atoms with Crippen molar-refractivity contribution in [3.63, 3.8) is 0 Å². The molecule has 0 fully saturated rings.